The summed E-state index contributed by atoms with van der Waals surface area (Å²) in [6.45, 7) is 2.04. The quantitative estimate of drug-likeness (QED) is 0.850. The Kier molecular flexibility index (Phi) is 4.54. The van der Waals surface area contributed by atoms with Crippen LogP contribution in [0.4, 0.5) is 18.9 Å². The van der Waals surface area contributed by atoms with E-state index in [1.54, 1.807) is 6.07 Å². The third-order valence-corrected chi connectivity index (χ3v) is 3.16. The van der Waals surface area contributed by atoms with Gasteiger partial charge in [-0.15, -0.1) is 0 Å². The number of rotatable bonds is 5. The molecular formula is C15H15F3N2O2. The molecule has 22 heavy (non-hydrogen) atoms. The summed E-state index contributed by atoms with van der Waals surface area (Å²) < 4.78 is 37.8. The summed E-state index contributed by atoms with van der Waals surface area (Å²) in [6, 6.07) is 5.47. The van der Waals surface area contributed by atoms with Crippen LogP contribution in [0.2, 0.25) is 0 Å². The smallest absolute Gasteiger partial charge is 0.327 e. The summed E-state index contributed by atoms with van der Waals surface area (Å²) in [5.41, 5.74) is 0.441. The van der Waals surface area contributed by atoms with Gasteiger partial charge >= 0.3 is 6.18 Å². The molecule has 0 unspecified atom stereocenters. The van der Waals surface area contributed by atoms with Crippen LogP contribution >= 0.6 is 0 Å². The molecule has 1 saturated carbocycles. The summed E-state index contributed by atoms with van der Waals surface area (Å²) in [5.74, 6) is -1.14. The van der Waals surface area contributed by atoms with Gasteiger partial charge in [-0.3, -0.25) is 9.59 Å². The lowest BCUT2D eigenvalue weighted by atomic mass is 10.1. The number of hydrogen-bond acceptors (Lipinski definition) is 2. The maximum atomic E-state index is 12.6. The predicted molar refractivity (Wildman–Crippen MR) is 75.4 cm³/mol. The fourth-order valence-electron chi connectivity index (χ4n) is 2.04. The van der Waals surface area contributed by atoms with E-state index in [-0.39, 0.29) is 11.6 Å². The zero-order valence-electron chi connectivity index (χ0n) is 11.7. The Morgan fingerprint density at radius 1 is 1.36 bits per heavy atom. The lowest BCUT2D eigenvalue weighted by molar-refractivity contribution is -0.141. The first kappa shape index (κ1) is 16.1. The molecule has 2 amide bonds. The van der Waals surface area contributed by atoms with Crippen LogP contribution in [0.1, 0.15) is 23.2 Å². The molecule has 2 rings (SSSR count). The highest BCUT2D eigenvalue weighted by Gasteiger charge is 2.40. The van der Waals surface area contributed by atoms with E-state index in [1.165, 1.54) is 18.2 Å². The molecule has 0 saturated heterocycles. The van der Waals surface area contributed by atoms with Crippen molar-refractivity contribution < 1.29 is 22.8 Å². The summed E-state index contributed by atoms with van der Waals surface area (Å²) >= 11 is 0. The van der Waals surface area contributed by atoms with Crippen LogP contribution in [0.25, 0.3) is 0 Å². The Bertz CT molecular complexity index is 595. The van der Waals surface area contributed by atoms with Crippen molar-refractivity contribution in [2.75, 3.05) is 11.9 Å². The monoisotopic (exact) mass is 312 g/mol. The standard InChI is InChI=1S/C15H15F3N2O2/c1-2-13(21)19-11-5-3-4-10(8-11)14(22)20(12-6-7-12)9-15(16,17)18/h2-5,8,12H,1,6-7,9H2,(H,19,21). The number of nitrogens with one attached hydrogen (secondary N) is 1. The van der Waals surface area contributed by atoms with Gasteiger partial charge in [0.15, 0.2) is 0 Å². The second-order valence-corrected chi connectivity index (χ2v) is 5.05. The number of alkyl halides is 3. The van der Waals surface area contributed by atoms with Gasteiger partial charge in [-0.2, -0.15) is 13.2 Å². The second-order valence-electron chi connectivity index (χ2n) is 5.05. The van der Waals surface area contributed by atoms with Crippen molar-refractivity contribution in [2.24, 2.45) is 0 Å². The van der Waals surface area contributed by atoms with E-state index in [4.69, 9.17) is 0 Å². The predicted octanol–water partition coefficient (Wildman–Crippen LogP) is 2.98. The number of hydrogen-bond donors (Lipinski definition) is 1. The molecular weight excluding hydrogens is 297 g/mol. The highest BCUT2D eigenvalue weighted by molar-refractivity contribution is 6.00. The van der Waals surface area contributed by atoms with Crippen LogP contribution in [-0.4, -0.2) is 35.5 Å². The molecule has 4 nitrogen and oxygen atoms in total. The molecule has 0 spiro atoms. The summed E-state index contributed by atoms with van der Waals surface area (Å²) in [4.78, 5) is 24.4. The van der Waals surface area contributed by atoms with Gasteiger partial charge in [-0.25, -0.2) is 0 Å². The van der Waals surface area contributed by atoms with E-state index in [0.717, 1.165) is 11.0 Å². The zero-order chi connectivity index (χ0) is 16.3. The van der Waals surface area contributed by atoms with E-state index in [9.17, 15) is 22.8 Å². The largest absolute Gasteiger partial charge is 0.406 e. The number of amides is 2. The number of carbonyl (C=O) groups is 2. The van der Waals surface area contributed by atoms with E-state index in [1.807, 2.05) is 0 Å². The van der Waals surface area contributed by atoms with E-state index >= 15 is 0 Å². The number of anilines is 1. The van der Waals surface area contributed by atoms with Gasteiger partial charge in [0.25, 0.3) is 5.91 Å². The van der Waals surface area contributed by atoms with Gasteiger partial charge in [0, 0.05) is 17.3 Å². The normalized spacial score (nSPS) is 14.3. The molecule has 0 bridgehead atoms. The van der Waals surface area contributed by atoms with E-state index in [2.05, 4.69) is 11.9 Å². The Labute approximate surface area is 125 Å². The number of halogens is 3. The van der Waals surface area contributed by atoms with Crippen LogP contribution in [0.15, 0.2) is 36.9 Å². The summed E-state index contributed by atoms with van der Waals surface area (Å²) in [5, 5.41) is 2.47. The van der Waals surface area contributed by atoms with Crippen molar-refractivity contribution in [2.45, 2.75) is 25.1 Å². The van der Waals surface area contributed by atoms with Gasteiger partial charge in [0.2, 0.25) is 5.91 Å². The van der Waals surface area contributed by atoms with Gasteiger partial charge in [-0.1, -0.05) is 12.6 Å². The maximum absolute atomic E-state index is 12.6. The fraction of sp³-hybridized carbons (Fsp3) is 0.333. The molecule has 0 atom stereocenters. The molecule has 1 fully saturated rings. The summed E-state index contributed by atoms with van der Waals surface area (Å²) in [6.07, 6.45) is -2.22. The Morgan fingerprint density at radius 3 is 2.59 bits per heavy atom. The first-order valence-electron chi connectivity index (χ1n) is 6.71. The second kappa shape index (κ2) is 6.21. The summed E-state index contributed by atoms with van der Waals surface area (Å²) in [7, 11) is 0. The minimum absolute atomic E-state index is 0.109. The third-order valence-electron chi connectivity index (χ3n) is 3.16. The molecule has 0 aromatic heterocycles. The SMILES string of the molecule is C=CC(=O)Nc1cccc(C(=O)N(CC(F)(F)F)C2CC2)c1. The van der Waals surface area contributed by atoms with Crippen LogP contribution < -0.4 is 5.32 Å². The lowest BCUT2D eigenvalue weighted by Crippen LogP contribution is -2.40. The first-order chi connectivity index (χ1) is 10.3. The molecule has 1 aromatic carbocycles. The topological polar surface area (TPSA) is 49.4 Å². The average molecular weight is 312 g/mol. The van der Waals surface area contributed by atoms with Crippen molar-refractivity contribution in [1.82, 2.24) is 4.90 Å². The van der Waals surface area contributed by atoms with Gasteiger partial charge in [-0.05, 0) is 37.1 Å². The maximum Gasteiger partial charge on any atom is 0.406 e. The van der Waals surface area contributed by atoms with Crippen LogP contribution in [0.5, 0.6) is 0 Å². The van der Waals surface area contributed by atoms with Crippen molar-refractivity contribution in [3.8, 4) is 0 Å². The molecule has 1 N–H and O–H groups in total. The Hall–Kier alpha value is -2.31. The third kappa shape index (κ3) is 4.34. The number of nitrogens with zero attached hydrogens (tertiary/aromatic N) is 1. The van der Waals surface area contributed by atoms with E-state index in [0.29, 0.717) is 18.5 Å². The number of carbonyl (C=O) groups excluding carboxylic acids is 2. The van der Waals surface area contributed by atoms with Crippen molar-refractivity contribution >= 4 is 17.5 Å². The zero-order valence-corrected chi connectivity index (χ0v) is 11.7. The van der Waals surface area contributed by atoms with Gasteiger partial charge in [0.05, 0.1) is 0 Å². The molecule has 7 heteroatoms. The minimum Gasteiger partial charge on any atom is -0.327 e. The first-order valence-corrected chi connectivity index (χ1v) is 6.71. The van der Waals surface area contributed by atoms with E-state index < -0.39 is 24.5 Å². The van der Waals surface area contributed by atoms with Crippen molar-refractivity contribution in [3.05, 3.63) is 42.5 Å². The Balaban J connectivity index is 2.18. The minimum atomic E-state index is -4.44. The lowest BCUT2D eigenvalue weighted by Gasteiger charge is -2.24. The van der Waals surface area contributed by atoms with Gasteiger partial charge < -0.3 is 10.2 Å². The fourth-order valence-corrected chi connectivity index (χ4v) is 2.04. The molecule has 1 aliphatic rings. The molecule has 0 radical (unpaired) electrons. The Morgan fingerprint density at radius 2 is 2.05 bits per heavy atom. The molecule has 0 heterocycles. The molecule has 1 aromatic rings. The van der Waals surface area contributed by atoms with Crippen molar-refractivity contribution in [3.63, 3.8) is 0 Å². The molecule has 118 valence electrons. The van der Waals surface area contributed by atoms with Crippen LogP contribution in [-0.2, 0) is 4.79 Å². The molecule has 0 aliphatic heterocycles. The average Bonchev–Trinajstić information content (AvgIpc) is 3.28. The highest BCUT2D eigenvalue weighted by atomic mass is 19.4. The van der Waals surface area contributed by atoms with Gasteiger partial charge in [0.1, 0.15) is 6.54 Å². The molecule has 1 aliphatic carbocycles. The highest BCUT2D eigenvalue weighted by Crippen LogP contribution is 2.31. The van der Waals surface area contributed by atoms with Crippen LogP contribution in [0.3, 0.4) is 0 Å². The van der Waals surface area contributed by atoms with Crippen molar-refractivity contribution in [1.29, 1.82) is 0 Å². The number of benzene rings is 1. The van der Waals surface area contributed by atoms with Crippen LogP contribution in [0, 0.1) is 0 Å².